The second kappa shape index (κ2) is 5.27. The van der Waals surface area contributed by atoms with Gasteiger partial charge in [0.2, 0.25) is 0 Å². The van der Waals surface area contributed by atoms with E-state index in [1.54, 1.807) is 0 Å². The molecule has 5 nitrogen and oxygen atoms in total. The number of likely N-dealkylation sites (N-methyl/N-ethyl adjacent to an activating group) is 2. The van der Waals surface area contributed by atoms with Gasteiger partial charge in [-0.25, -0.2) is 0 Å². The van der Waals surface area contributed by atoms with Gasteiger partial charge in [-0.2, -0.15) is 13.2 Å². The maximum Gasteiger partial charge on any atom is 0.420 e. The highest BCUT2D eigenvalue weighted by Crippen LogP contribution is 2.42. The average Bonchev–Trinajstić information content (AvgIpc) is 2.68. The number of nitrogens with zero attached hydrogens (tertiary/aromatic N) is 3. The third-order valence-electron chi connectivity index (χ3n) is 4.09. The van der Waals surface area contributed by atoms with E-state index in [1.165, 1.54) is 48.2 Å². The van der Waals surface area contributed by atoms with Crippen LogP contribution in [0.1, 0.15) is 5.56 Å². The number of alkyl halides is 3. The van der Waals surface area contributed by atoms with Crippen LogP contribution in [0, 0.1) is 10.1 Å². The molecule has 0 unspecified atom stereocenters. The molecule has 1 aliphatic heterocycles. The maximum atomic E-state index is 13.6. The van der Waals surface area contributed by atoms with Crippen LogP contribution in [0.15, 0.2) is 24.3 Å². The van der Waals surface area contributed by atoms with Crippen molar-refractivity contribution in [2.45, 2.75) is 18.3 Å². The van der Waals surface area contributed by atoms with Crippen LogP contribution in [0.5, 0.6) is 0 Å². The number of benzene rings is 1. The van der Waals surface area contributed by atoms with E-state index in [-0.39, 0.29) is 12.1 Å². The van der Waals surface area contributed by atoms with E-state index in [2.05, 4.69) is 0 Å². The number of hydrogen-bond donors (Lipinski definition) is 0. The summed E-state index contributed by atoms with van der Waals surface area (Å²) in [5.41, 5.74) is -1.78. The molecule has 0 aromatic heterocycles. The normalized spacial score (nSPS) is 19.9. The van der Waals surface area contributed by atoms with Gasteiger partial charge in [0, 0.05) is 31.6 Å². The minimum atomic E-state index is -4.42. The number of nitro groups is 1. The van der Waals surface area contributed by atoms with Crippen molar-refractivity contribution < 1.29 is 18.1 Å². The third-order valence-corrected chi connectivity index (χ3v) is 4.09. The van der Waals surface area contributed by atoms with Crippen molar-refractivity contribution in [3.05, 3.63) is 39.9 Å². The first-order valence-electron chi connectivity index (χ1n) is 6.41. The lowest BCUT2D eigenvalue weighted by atomic mass is 9.97. The molecule has 0 radical (unpaired) electrons. The largest absolute Gasteiger partial charge is 0.420 e. The van der Waals surface area contributed by atoms with E-state index in [1.807, 2.05) is 0 Å². The summed E-state index contributed by atoms with van der Waals surface area (Å²) in [7, 11) is 2.89. The molecule has 0 spiro atoms. The highest BCUT2D eigenvalue weighted by atomic mass is 19.4. The molecule has 116 valence electrons. The molecule has 21 heavy (non-hydrogen) atoms. The molecule has 0 bridgehead atoms. The summed E-state index contributed by atoms with van der Waals surface area (Å²) in [5, 5.41) is 10.6. The van der Waals surface area contributed by atoms with Crippen molar-refractivity contribution in [3.8, 4) is 0 Å². The van der Waals surface area contributed by atoms with Gasteiger partial charge in [-0.1, -0.05) is 12.1 Å². The first-order valence-corrected chi connectivity index (χ1v) is 6.41. The molecule has 0 saturated carbocycles. The fourth-order valence-electron chi connectivity index (χ4n) is 2.78. The first kappa shape index (κ1) is 15.7. The van der Waals surface area contributed by atoms with Gasteiger partial charge in [0.15, 0.2) is 5.66 Å². The van der Waals surface area contributed by atoms with Gasteiger partial charge in [-0.3, -0.25) is 19.9 Å². The fourth-order valence-corrected chi connectivity index (χ4v) is 2.78. The summed E-state index contributed by atoms with van der Waals surface area (Å²) < 4.78 is 40.9. The molecule has 1 heterocycles. The number of hydrogen-bond acceptors (Lipinski definition) is 4. The average molecular weight is 303 g/mol. The van der Waals surface area contributed by atoms with Gasteiger partial charge in [0.1, 0.15) is 0 Å². The van der Waals surface area contributed by atoms with Crippen LogP contribution in [0.25, 0.3) is 0 Å². The Kier molecular flexibility index (Phi) is 3.94. The minimum absolute atomic E-state index is 0.132. The topological polar surface area (TPSA) is 49.6 Å². The number of rotatable bonds is 3. The van der Waals surface area contributed by atoms with Gasteiger partial charge in [0.05, 0.1) is 4.92 Å². The zero-order valence-electron chi connectivity index (χ0n) is 11.7. The Morgan fingerprint density at radius 1 is 1.19 bits per heavy atom. The van der Waals surface area contributed by atoms with Crippen molar-refractivity contribution in [2.75, 3.05) is 27.2 Å². The Morgan fingerprint density at radius 2 is 1.67 bits per heavy atom. The molecule has 1 aromatic carbocycles. The molecule has 1 fully saturated rings. The Labute approximate surface area is 120 Å². The molecular weight excluding hydrogens is 287 g/mol. The van der Waals surface area contributed by atoms with Crippen LogP contribution in [-0.2, 0) is 6.42 Å². The summed E-state index contributed by atoms with van der Waals surface area (Å²) in [6, 6.07) is 5.22. The SMILES string of the molecule is CN1CCN(C)C1(Cc1ccc([N+](=O)[O-])cc1)C(F)(F)F. The number of halogens is 3. The van der Waals surface area contributed by atoms with E-state index in [9.17, 15) is 23.3 Å². The number of non-ortho nitro benzene ring substituents is 1. The van der Waals surface area contributed by atoms with Crippen LogP contribution >= 0.6 is 0 Å². The van der Waals surface area contributed by atoms with E-state index in [4.69, 9.17) is 0 Å². The van der Waals surface area contributed by atoms with Crippen LogP contribution in [0.4, 0.5) is 18.9 Å². The standard InChI is InChI=1S/C13H16F3N3O2/c1-17-7-8-18(2)12(17,13(14,15)16)9-10-3-5-11(6-4-10)19(20)21/h3-6H,7-9H2,1-2H3. The van der Waals surface area contributed by atoms with Gasteiger partial charge in [-0.05, 0) is 19.7 Å². The first-order chi connectivity index (χ1) is 9.68. The fraction of sp³-hybridized carbons (Fsp3) is 0.538. The van der Waals surface area contributed by atoms with E-state index >= 15 is 0 Å². The Morgan fingerprint density at radius 3 is 2.05 bits per heavy atom. The minimum Gasteiger partial charge on any atom is -0.279 e. The number of nitro benzene ring substituents is 1. The molecule has 8 heteroatoms. The van der Waals surface area contributed by atoms with Crippen LogP contribution in [0.2, 0.25) is 0 Å². The van der Waals surface area contributed by atoms with E-state index < -0.39 is 16.8 Å². The Hall–Kier alpha value is -1.67. The van der Waals surface area contributed by atoms with Gasteiger partial charge < -0.3 is 0 Å². The van der Waals surface area contributed by atoms with Crippen LogP contribution in [-0.4, -0.2) is 53.7 Å². The van der Waals surface area contributed by atoms with Crippen molar-refractivity contribution in [2.24, 2.45) is 0 Å². The lowest BCUT2D eigenvalue weighted by Gasteiger charge is -2.42. The Balaban J connectivity index is 2.34. The predicted octanol–water partition coefficient (Wildman–Crippen LogP) is 2.27. The van der Waals surface area contributed by atoms with Crippen LogP contribution < -0.4 is 0 Å². The molecule has 0 aliphatic carbocycles. The molecule has 0 N–H and O–H groups in total. The summed E-state index contributed by atoms with van der Waals surface area (Å²) in [6.45, 7) is 0.645. The summed E-state index contributed by atoms with van der Waals surface area (Å²) in [5.74, 6) is 0. The van der Waals surface area contributed by atoms with E-state index in [0.29, 0.717) is 18.7 Å². The van der Waals surface area contributed by atoms with Crippen LogP contribution in [0.3, 0.4) is 0 Å². The molecular formula is C13H16F3N3O2. The predicted molar refractivity (Wildman–Crippen MR) is 70.8 cm³/mol. The lowest BCUT2D eigenvalue weighted by Crippen LogP contribution is -2.62. The second-order valence-electron chi connectivity index (χ2n) is 5.26. The van der Waals surface area contributed by atoms with Crippen molar-refractivity contribution >= 4 is 5.69 Å². The van der Waals surface area contributed by atoms with Crippen molar-refractivity contribution in [1.82, 2.24) is 9.80 Å². The van der Waals surface area contributed by atoms with Gasteiger partial charge in [0.25, 0.3) is 5.69 Å². The lowest BCUT2D eigenvalue weighted by molar-refractivity contribution is -0.384. The molecule has 1 aliphatic rings. The van der Waals surface area contributed by atoms with Crippen molar-refractivity contribution in [3.63, 3.8) is 0 Å². The second-order valence-corrected chi connectivity index (χ2v) is 5.26. The zero-order chi connectivity index (χ0) is 15.8. The van der Waals surface area contributed by atoms with Gasteiger partial charge >= 0.3 is 6.18 Å². The smallest absolute Gasteiger partial charge is 0.279 e. The molecule has 0 amide bonds. The highest BCUT2D eigenvalue weighted by molar-refractivity contribution is 5.34. The molecule has 2 rings (SSSR count). The molecule has 0 atom stereocenters. The summed E-state index contributed by atoms with van der Waals surface area (Å²) in [6.07, 6.45) is -4.68. The Bertz CT molecular complexity index is 520. The summed E-state index contributed by atoms with van der Waals surface area (Å²) >= 11 is 0. The maximum absolute atomic E-state index is 13.6. The van der Waals surface area contributed by atoms with Gasteiger partial charge in [-0.15, -0.1) is 0 Å². The third kappa shape index (κ3) is 2.60. The monoisotopic (exact) mass is 303 g/mol. The molecule has 1 saturated heterocycles. The molecule has 1 aromatic rings. The van der Waals surface area contributed by atoms with E-state index in [0.717, 1.165) is 0 Å². The highest BCUT2D eigenvalue weighted by Gasteiger charge is 2.62. The van der Waals surface area contributed by atoms with Crippen molar-refractivity contribution in [1.29, 1.82) is 0 Å². The summed E-state index contributed by atoms with van der Waals surface area (Å²) in [4.78, 5) is 12.6. The quantitative estimate of drug-likeness (QED) is 0.635. The zero-order valence-corrected chi connectivity index (χ0v) is 11.7.